The van der Waals surface area contributed by atoms with Crippen molar-refractivity contribution < 1.29 is 14.3 Å². The molecule has 0 aromatic carbocycles. The fourth-order valence-corrected chi connectivity index (χ4v) is 4.85. The minimum atomic E-state index is -0.465. The standard InChI is InChI=1S/C20H19N5O4S2/c1-9-10(2)31-18-16(9)17(27)23-14(24-18)4-5-15(26)25-20-22-13(8-30-20)11-6-12(21-7-11)19(28)29-3/h6-8,21H,4-5H2,1-3H3,(H,22,25,26)(H,23,24,27). The molecule has 0 bridgehead atoms. The molecule has 11 heteroatoms. The number of ether oxygens (including phenoxy) is 1. The Morgan fingerprint density at radius 3 is 2.84 bits per heavy atom. The number of methoxy groups -OCH3 is 1. The number of fused-ring (bicyclic) bond motifs is 1. The van der Waals surface area contributed by atoms with Crippen molar-refractivity contribution >= 4 is 49.9 Å². The summed E-state index contributed by atoms with van der Waals surface area (Å²) in [6.45, 7) is 3.87. The molecule has 4 aromatic rings. The van der Waals surface area contributed by atoms with E-state index in [1.165, 1.54) is 29.8 Å². The molecular formula is C20H19N5O4S2. The van der Waals surface area contributed by atoms with E-state index in [1.54, 1.807) is 17.6 Å². The van der Waals surface area contributed by atoms with Crippen molar-refractivity contribution in [3.8, 4) is 11.3 Å². The smallest absolute Gasteiger partial charge is 0.354 e. The lowest BCUT2D eigenvalue weighted by Gasteiger charge is -2.02. The first kappa shape index (κ1) is 20.9. The molecule has 31 heavy (non-hydrogen) atoms. The number of hydrogen-bond donors (Lipinski definition) is 3. The van der Waals surface area contributed by atoms with Crippen LogP contribution in [0.2, 0.25) is 0 Å². The van der Waals surface area contributed by atoms with Crippen molar-refractivity contribution in [2.45, 2.75) is 26.7 Å². The maximum absolute atomic E-state index is 12.3. The summed E-state index contributed by atoms with van der Waals surface area (Å²) < 4.78 is 4.67. The van der Waals surface area contributed by atoms with Gasteiger partial charge in [0.2, 0.25) is 5.91 Å². The zero-order chi connectivity index (χ0) is 22.1. The highest BCUT2D eigenvalue weighted by Gasteiger charge is 2.15. The highest BCUT2D eigenvalue weighted by Crippen LogP contribution is 2.27. The second-order valence-electron chi connectivity index (χ2n) is 6.86. The van der Waals surface area contributed by atoms with Gasteiger partial charge in [-0.2, -0.15) is 0 Å². The van der Waals surface area contributed by atoms with Crippen molar-refractivity contribution in [2.75, 3.05) is 12.4 Å². The van der Waals surface area contributed by atoms with Crippen molar-refractivity contribution in [1.29, 1.82) is 0 Å². The van der Waals surface area contributed by atoms with E-state index < -0.39 is 5.97 Å². The van der Waals surface area contributed by atoms with Crippen molar-refractivity contribution in [2.24, 2.45) is 0 Å². The molecule has 0 aliphatic rings. The van der Waals surface area contributed by atoms with E-state index >= 15 is 0 Å². The summed E-state index contributed by atoms with van der Waals surface area (Å²) in [5.41, 5.74) is 2.44. The molecule has 9 nitrogen and oxygen atoms in total. The number of nitrogens with one attached hydrogen (secondary N) is 3. The second-order valence-corrected chi connectivity index (χ2v) is 8.92. The van der Waals surface area contributed by atoms with Gasteiger partial charge in [0.15, 0.2) is 5.13 Å². The summed E-state index contributed by atoms with van der Waals surface area (Å²) in [5, 5.41) is 5.61. The van der Waals surface area contributed by atoms with Gasteiger partial charge in [-0.05, 0) is 25.5 Å². The lowest BCUT2D eigenvalue weighted by molar-refractivity contribution is -0.116. The van der Waals surface area contributed by atoms with E-state index in [4.69, 9.17) is 0 Å². The molecule has 4 heterocycles. The van der Waals surface area contributed by atoms with Gasteiger partial charge < -0.3 is 20.0 Å². The third-order valence-corrected chi connectivity index (χ3v) is 6.67. The Hall–Kier alpha value is -3.31. The van der Waals surface area contributed by atoms with E-state index in [1.807, 2.05) is 13.8 Å². The number of carbonyl (C=O) groups is 2. The predicted molar refractivity (Wildman–Crippen MR) is 120 cm³/mol. The number of aryl methyl sites for hydroxylation is 3. The normalized spacial score (nSPS) is 11.1. The number of anilines is 1. The number of aromatic nitrogens is 4. The van der Waals surface area contributed by atoms with Crippen LogP contribution in [0.5, 0.6) is 0 Å². The molecule has 0 saturated heterocycles. The first-order valence-corrected chi connectivity index (χ1v) is 11.1. The second kappa shape index (κ2) is 8.44. The van der Waals surface area contributed by atoms with Gasteiger partial charge in [-0.1, -0.05) is 0 Å². The van der Waals surface area contributed by atoms with E-state index in [0.29, 0.717) is 44.5 Å². The molecular weight excluding hydrogens is 438 g/mol. The van der Waals surface area contributed by atoms with Gasteiger partial charge >= 0.3 is 5.97 Å². The fraction of sp³-hybridized carbons (Fsp3) is 0.250. The number of thiophene rings is 1. The van der Waals surface area contributed by atoms with Gasteiger partial charge in [-0.3, -0.25) is 9.59 Å². The van der Waals surface area contributed by atoms with E-state index in [9.17, 15) is 14.4 Å². The third kappa shape index (κ3) is 4.28. The molecule has 0 radical (unpaired) electrons. The number of hydrogen-bond acceptors (Lipinski definition) is 8. The van der Waals surface area contributed by atoms with Crippen LogP contribution in [0.15, 0.2) is 22.4 Å². The monoisotopic (exact) mass is 457 g/mol. The van der Waals surface area contributed by atoms with Crippen LogP contribution in [-0.2, 0) is 16.0 Å². The zero-order valence-electron chi connectivity index (χ0n) is 17.0. The molecule has 4 rings (SSSR count). The molecule has 0 spiro atoms. The first-order chi connectivity index (χ1) is 14.9. The van der Waals surface area contributed by atoms with Crippen molar-refractivity contribution in [1.82, 2.24) is 19.9 Å². The molecule has 160 valence electrons. The molecule has 3 N–H and O–H groups in total. The van der Waals surface area contributed by atoms with E-state index in [0.717, 1.165) is 10.4 Å². The fourth-order valence-electron chi connectivity index (χ4n) is 3.07. The Labute approximate surface area is 184 Å². The number of thiazole rings is 1. The van der Waals surface area contributed by atoms with Crippen molar-refractivity contribution in [3.63, 3.8) is 0 Å². The van der Waals surface area contributed by atoms with Crippen LogP contribution in [0.4, 0.5) is 5.13 Å². The van der Waals surface area contributed by atoms with Crippen LogP contribution in [-0.4, -0.2) is 38.9 Å². The number of amides is 1. The zero-order valence-corrected chi connectivity index (χ0v) is 18.6. The number of carbonyl (C=O) groups excluding carboxylic acids is 2. The number of H-pyrrole nitrogens is 2. The van der Waals surface area contributed by atoms with E-state index in [-0.39, 0.29) is 17.9 Å². The van der Waals surface area contributed by atoms with Crippen LogP contribution >= 0.6 is 22.7 Å². The summed E-state index contributed by atoms with van der Waals surface area (Å²) in [4.78, 5) is 52.5. The highest BCUT2D eigenvalue weighted by atomic mass is 32.1. The SMILES string of the molecule is COC(=O)c1cc(-c2csc(NC(=O)CCc3nc4sc(C)c(C)c4c(=O)[nH]3)n2)c[nH]1. The number of esters is 1. The van der Waals surface area contributed by atoms with Gasteiger partial charge in [0.25, 0.3) is 5.56 Å². The Morgan fingerprint density at radius 2 is 2.06 bits per heavy atom. The van der Waals surface area contributed by atoms with Gasteiger partial charge in [0.1, 0.15) is 16.3 Å². The first-order valence-electron chi connectivity index (χ1n) is 9.37. The average molecular weight is 458 g/mol. The summed E-state index contributed by atoms with van der Waals surface area (Å²) in [7, 11) is 1.31. The molecule has 0 unspecified atom stereocenters. The summed E-state index contributed by atoms with van der Waals surface area (Å²) in [5.74, 6) is -0.212. The Balaban J connectivity index is 1.40. The largest absolute Gasteiger partial charge is 0.464 e. The number of rotatable bonds is 6. The van der Waals surface area contributed by atoms with Crippen LogP contribution in [0.25, 0.3) is 21.5 Å². The molecule has 4 aromatic heterocycles. The number of aromatic amines is 2. The van der Waals surface area contributed by atoms with Gasteiger partial charge in [0.05, 0.1) is 18.2 Å². The maximum Gasteiger partial charge on any atom is 0.354 e. The quantitative estimate of drug-likeness (QED) is 0.381. The lowest BCUT2D eigenvalue weighted by atomic mass is 10.2. The Bertz CT molecular complexity index is 1350. The van der Waals surface area contributed by atoms with Crippen LogP contribution in [0.3, 0.4) is 0 Å². The Morgan fingerprint density at radius 1 is 1.26 bits per heavy atom. The maximum atomic E-state index is 12.3. The van der Waals surface area contributed by atoms with Crippen LogP contribution in [0.1, 0.15) is 33.2 Å². The van der Waals surface area contributed by atoms with Crippen LogP contribution < -0.4 is 10.9 Å². The minimum Gasteiger partial charge on any atom is -0.464 e. The lowest BCUT2D eigenvalue weighted by Crippen LogP contribution is -2.16. The van der Waals surface area contributed by atoms with Gasteiger partial charge in [-0.25, -0.2) is 14.8 Å². The molecule has 0 atom stereocenters. The van der Waals surface area contributed by atoms with Gasteiger partial charge in [-0.15, -0.1) is 22.7 Å². The molecule has 1 amide bonds. The molecule has 0 fully saturated rings. The molecule has 0 saturated carbocycles. The summed E-state index contributed by atoms with van der Waals surface area (Å²) in [6.07, 6.45) is 2.12. The van der Waals surface area contributed by atoms with Crippen molar-refractivity contribution in [3.05, 3.63) is 50.0 Å². The Kier molecular flexibility index (Phi) is 5.70. The summed E-state index contributed by atoms with van der Waals surface area (Å²) >= 11 is 2.76. The third-order valence-electron chi connectivity index (χ3n) is 4.81. The van der Waals surface area contributed by atoms with Crippen LogP contribution in [0, 0.1) is 13.8 Å². The minimum absolute atomic E-state index is 0.156. The summed E-state index contributed by atoms with van der Waals surface area (Å²) in [6, 6.07) is 1.64. The molecule has 0 aliphatic carbocycles. The van der Waals surface area contributed by atoms with Gasteiger partial charge in [0, 0.05) is 34.9 Å². The van der Waals surface area contributed by atoms with E-state index in [2.05, 4.69) is 30.0 Å². The highest BCUT2D eigenvalue weighted by molar-refractivity contribution is 7.18. The molecule has 0 aliphatic heterocycles. The topological polar surface area (TPSA) is 130 Å². The predicted octanol–water partition coefficient (Wildman–Crippen LogP) is 3.41. The number of nitrogens with zero attached hydrogens (tertiary/aromatic N) is 2. The average Bonchev–Trinajstić information content (AvgIpc) is 3.46.